The maximum Gasteiger partial charge on any atom is 0.263 e. The molecule has 0 aliphatic rings. The molecule has 1 aromatic heterocycles. The number of nitrogens with zero attached hydrogens (tertiary/aromatic N) is 2. The number of rotatable bonds is 3. The van der Waals surface area contributed by atoms with Gasteiger partial charge in [-0.25, -0.2) is 0 Å². The van der Waals surface area contributed by atoms with Gasteiger partial charge in [0, 0.05) is 36.1 Å². The molecule has 0 N–H and O–H groups in total. The molecule has 0 radical (unpaired) electrons. The zero-order valence-corrected chi connectivity index (χ0v) is 17.8. The van der Waals surface area contributed by atoms with Crippen molar-refractivity contribution in [3.05, 3.63) is 84.1 Å². The van der Waals surface area contributed by atoms with Crippen LogP contribution in [0.4, 0.5) is 0 Å². The number of benzene rings is 3. The predicted octanol–water partition coefficient (Wildman–Crippen LogP) is 5.63. The standard InChI is InChI=1S/C26H26N2O2/c1-18(29)28(26(2,3)4)25(30)23-17-27(24-15-8-7-14-22(23)24)16-20-12-9-11-19-10-5-6-13-21(19)20/h5-15,17H,16H2,1-4H3. The fourth-order valence-electron chi connectivity index (χ4n) is 4.20. The summed E-state index contributed by atoms with van der Waals surface area (Å²) in [5.74, 6) is -0.513. The van der Waals surface area contributed by atoms with E-state index < -0.39 is 5.54 Å². The quantitative estimate of drug-likeness (QED) is 0.449. The van der Waals surface area contributed by atoms with Crippen molar-refractivity contribution in [1.82, 2.24) is 9.47 Å². The van der Waals surface area contributed by atoms with Gasteiger partial charge in [-0.1, -0.05) is 60.7 Å². The van der Waals surface area contributed by atoms with Crippen LogP contribution in [0.5, 0.6) is 0 Å². The van der Waals surface area contributed by atoms with Crippen molar-refractivity contribution in [2.45, 2.75) is 39.8 Å². The lowest BCUT2D eigenvalue weighted by atomic mass is 10.0. The fraction of sp³-hybridized carbons (Fsp3) is 0.231. The van der Waals surface area contributed by atoms with Crippen molar-refractivity contribution in [3.8, 4) is 0 Å². The molecule has 4 nitrogen and oxygen atoms in total. The minimum Gasteiger partial charge on any atom is -0.342 e. The van der Waals surface area contributed by atoms with Crippen molar-refractivity contribution in [2.24, 2.45) is 0 Å². The number of fused-ring (bicyclic) bond motifs is 2. The second kappa shape index (κ2) is 7.45. The molecule has 0 aliphatic heterocycles. The van der Waals surface area contributed by atoms with Crippen molar-refractivity contribution in [3.63, 3.8) is 0 Å². The van der Waals surface area contributed by atoms with E-state index in [2.05, 4.69) is 34.9 Å². The van der Waals surface area contributed by atoms with Gasteiger partial charge in [-0.2, -0.15) is 0 Å². The SMILES string of the molecule is CC(=O)N(C(=O)c1cn(Cc2cccc3ccccc23)c2ccccc12)C(C)(C)C. The van der Waals surface area contributed by atoms with Gasteiger partial charge >= 0.3 is 0 Å². The highest BCUT2D eigenvalue weighted by Gasteiger charge is 2.32. The van der Waals surface area contributed by atoms with Crippen LogP contribution in [0.15, 0.2) is 72.9 Å². The van der Waals surface area contributed by atoms with Crippen LogP contribution in [0.2, 0.25) is 0 Å². The molecule has 0 fully saturated rings. The summed E-state index contributed by atoms with van der Waals surface area (Å²) >= 11 is 0. The van der Waals surface area contributed by atoms with Crippen molar-refractivity contribution in [2.75, 3.05) is 0 Å². The first-order valence-electron chi connectivity index (χ1n) is 10.2. The minimum atomic E-state index is -0.595. The smallest absolute Gasteiger partial charge is 0.263 e. The minimum absolute atomic E-state index is 0.251. The highest BCUT2D eigenvalue weighted by Crippen LogP contribution is 2.28. The van der Waals surface area contributed by atoms with Gasteiger partial charge in [-0.15, -0.1) is 0 Å². The molecule has 2 amide bonds. The highest BCUT2D eigenvalue weighted by molar-refractivity contribution is 6.12. The molecule has 152 valence electrons. The Morgan fingerprint density at radius 2 is 1.50 bits per heavy atom. The molecule has 4 rings (SSSR count). The largest absolute Gasteiger partial charge is 0.342 e. The van der Waals surface area contributed by atoms with E-state index in [1.165, 1.54) is 28.2 Å². The van der Waals surface area contributed by atoms with E-state index in [0.29, 0.717) is 12.1 Å². The summed E-state index contributed by atoms with van der Waals surface area (Å²) in [6.45, 7) is 7.72. The third-order valence-electron chi connectivity index (χ3n) is 5.43. The molecule has 0 saturated heterocycles. The number of amides is 2. The van der Waals surface area contributed by atoms with Crippen molar-refractivity contribution < 1.29 is 9.59 Å². The zero-order valence-electron chi connectivity index (χ0n) is 17.8. The topological polar surface area (TPSA) is 42.3 Å². The van der Waals surface area contributed by atoms with Crippen LogP contribution in [-0.4, -0.2) is 26.8 Å². The lowest BCUT2D eigenvalue weighted by Crippen LogP contribution is -2.48. The Bertz CT molecular complexity index is 1260. The molecule has 0 unspecified atom stereocenters. The lowest BCUT2D eigenvalue weighted by Gasteiger charge is -2.32. The highest BCUT2D eigenvalue weighted by atomic mass is 16.2. The number of para-hydroxylation sites is 1. The van der Waals surface area contributed by atoms with E-state index in [9.17, 15) is 9.59 Å². The third kappa shape index (κ3) is 3.50. The molecule has 4 aromatic rings. The van der Waals surface area contributed by atoms with Gasteiger partial charge in [-0.05, 0) is 43.2 Å². The predicted molar refractivity (Wildman–Crippen MR) is 122 cm³/mol. The summed E-state index contributed by atoms with van der Waals surface area (Å²) in [5.41, 5.74) is 2.12. The van der Waals surface area contributed by atoms with Crippen LogP contribution in [0.1, 0.15) is 43.6 Å². The van der Waals surface area contributed by atoms with E-state index in [4.69, 9.17) is 0 Å². The molecular weight excluding hydrogens is 372 g/mol. The Labute approximate surface area is 176 Å². The number of hydrogen-bond acceptors (Lipinski definition) is 2. The van der Waals surface area contributed by atoms with Gasteiger partial charge in [0.15, 0.2) is 0 Å². The van der Waals surface area contributed by atoms with Gasteiger partial charge in [0.2, 0.25) is 5.91 Å². The van der Waals surface area contributed by atoms with Crippen LogP contribution in [0.25, 0.3) is 21.7 Å². The van der Waals surface area contributed by atoms with Crippen LogP contribution in [0.3, 0.4) is 0 Å². The molecule has 0 atom stereocenters. The summed E-state index contributed by atoms with van der Waals surface area (Å²) in [7, 11) is 0. The molecule has 0 bridgehead atoms. The van der Waals surface area contributed by atoms with Gasteiger partial charge in [0.05, 0.1) is 5.56 Å². The second-order valence-electron chi connectivity index (χ2n) is 8.66. The third-order valence-corrected chi connectivity index (χ3v) is 5.43. The van der Waals surface area contributed by atoms with E-state index in [-0.39, 0.29) is 11.8 Å². The molecule has 3 aromatic carbocycles. The number of carbonyl (C=O) groups excluding carboxylic acids is 2. The van der Waals surface area contributed by atoms with Gasteiger partial charge < -0.3 is 4.57 Å². The molecule has 0 spiro atoms. The summed E-state index contributed by atoms with van der Waals surface area (Å²) in [6.07, 6.45) is 1.89. The summed E-state index contributed by atoms with van der Waals surface area (Å²) in [5, 5.41) is 3.25. The number of hydrogen-bond donors (Lipinski definition) is 0. The maximum atomic E-state index is 13.4. The molecule has 0 aliphatic carbocycles. The molecule has 4 heteroatoms. The normalized spacial score (nSPS) is 11.7. The molecule has 1 heterocycles. The Balaban J connectivity index is 1.83. The van der Waals surface area contributed by atoms with Gasteiger partial charge in [-0.3, -0.25) is 14.5 Å². The van der Waals surface area contributed by atoms with Crippen LogP contribution >= 0.6 is 0 Å². The number of aromatic nitrogens is 1. The van der Waals surface area contributed by atoms with E-state index in [1.54, 1.807) is 0 Å². The van der Waals surface area contributed by atoms with Crippen LogP contribution in [-0.2, 0) is 11.3 Å². The average molecular weight is 399 g/mol. The number of imide groups is 1. The Morgan fingerprint density at radius 3 is 2.20 bits per heavy atom. The van der Waals surface area contributed by atoms with E-state index in [0.717, 1.165) is 10.9 Å². The molecule has 0 saturated carbocycles. The van der Waals surface area contributed by atoms with Gasteiger partial charge in [0.1, 0.15) is 0 Å². The van der Waals surface area contributed by atoms with E-state index in [1.807, 2.05) is 63.4 Å². The van der Waals surface area contributed by atoms with E-state index >= 15 is 0 Å². The van der Waals surface area contributed by atoms with Crippen molar-refractivity contribution >= 4 is 33.5 Å². The Hall–Kier alpha value is -3.40. The summed E-state index contributed by atoms with van der Waals surface area (Å²) in [4.78, 5) is 27.0. The Kier molecular flexibility index (Phi) is 4.94. The Morgan fingerprint density at radius 1 is 0.867 bits per heavy atom. The van der Waals surface area contributed by atoms with Gasteiger partial charge in [0.25, 0.3) is 5.91 Å². The fourth-order valence-corrected chi connectivity index (χ4v) is 4.20. The second-order valence-corrected chi connectivity index (χ2v) is 8.66. The maximum absolute atomic E-state index is 13.4. The first kappa shape index (κ1) is 19.9. The first-order chi connectivity index (χ1) is 14.3. The van der Waals surface area contributed by atoms with Crippen molar-refractivity contribution in [1.29, 1.82) is 0 Å². The van der Waals surface area contributed by atoms with Crippen LogP contribution < -0.4 is 0 Å². The first-order valence-corrected chi connectivity index (χ1v) is 10.2. The number of carbonyl (C=O) groups is 2. The monoisotopic (exact) mass is 398 g/mol. The zero-order chi connectivity index (χ0) is 21.5. The average Bonchev–Trinajstić information content (AvgIpc) is 3.06. The summed E-state index contributed by atoms with van der Waals surface area (Å²) < 4.78 is 2.10. The molecular formula is C26H26N2O2. The summed E-state index contributed by atoms with van der Waals surface area (Å²) in [6, 6.07) is 22.5. The lowest BCUT2D eigenvalue weighted by molar-refractivity contribution is -0.129. The molecule has 30 heavy (non-hydrogen) atoms. The van der Waals surface area contributed by atoms with Crippen LogP contribution in [0, 0.1) is 0 Å².